The normalized spacial score (nSPS) is 13.6. The first-order valence-electron chi connectivity index (χ1n) is 4.13. The van der Waals surface area contributed by atoms with Gasteiger partial charge in [-0.1, -0.05) is 12.1 Å². The maximum atomic E-state index is 13.1. The lowest BCUT2D eigenvalue weighted by molar-refractivity contribution is 0.341. The quantitative estimate of drug-likeness (QED) is 0.777. The molecule has 1 rings (SSSR count). The topological polar surface area (TPSA) is 43.4 Å². The molecule has 0 N–H and O–H groups in total. The fourth-order valence-electron chi connectivity index (χ4n) is 1.26. The number of hydrogen-bond acceptors (Lipinski definition) is 3. The highest BCUT2D eigenvalue weighted by molar-refractivity contribution is 8.13. The molecule has 0 bridgehead atoms. The lowest BCUT2D eigenvalue weighted by atomic mass is 10.1. The maximum absolute atomic E-state index is 13.1. The molecule has 0 amide bonds. The highest BCUT2D eigenvalue weighted by Crippen LogP contribution is 2.34. The summed E-state index contributed by atoms with van der Waals surface area (Å²) in [6.07, 6.45) is -1.32. The molecule has 0 radical (unpaired) electrons. The van der Waals surface area contributed by atoms with Crippen molar-refractivity contribution in [1.29, 1.82) is 0 Å². The second-order valence-electron chi connectivity index (χ2n) is 2.93. The van der Waals surface area contributed by atoms with E-state index in [2.05, 4.69) is 0 Å². The van der Waals surface area contributed by atoms with E-state index in [1.165, 1.54) is 32.2 Å². The Labute approximate surface area is 92.2 Å². The zero-order valence-electron chi connectivity index (χ0n) is 8.20. The van der Waals surface area contributed by atoms with Gasteiger partial charge in [0.2, 0.25) is 0 Å². The SMILES string of the molecule is COc1c(C(C)F)cccc1S(=O)(=O)Cl. The zero-order chi connectivity index (χ0) is 11.6. The van der Waals surface area contributed by atoms with Crippen molar-refractivity contribution < 1.29 is 17.5 Å². The van der Waals surface area contributed by atoms with Crippen molar-refractivity contribution in [3.05, 3.63) is 23.8 Å². The summed E-state index contributed by atoms with van der Waals surface area (Å²) in [6.45, 7) is 1.29. The summed E-state index contributed by atoms with van der Waals surface area (Å²) in [7, 11) is 2.54. The van der Waals surface area contributed by atoms with Crippen LogP contribution in [0.1, 0.15) is 18.7 Å². The van der Waals surface area contributed by atoms with Gasteiger partial charge in [-0.3, -0.25) is 0 Å². The van der Waals surface area contributed by atoms with E-state index in [0.29, 0.717) is 0 Å². The molecule has 0 aliphatic rings. The average Bonchev–Trinajstić information content (AvgIpc) is 2.15. The van der Waals surface area contributed by atoms with E-state index in [4.69, 9.17) is 15.4 Å². The summed E-state index contributed by atoms with van der Waals surface area (Å²) in [6, 6.07) is 4.14. The highest BCUT2D eigenvalue weighted by atomic mass is 35.7. The van der Waals surface area contributed by atoms with Crippen molar-refractivity contribution >= 4 is 19.7 Å². The summed E-state index contributed by atoms with van der Waals surface area (Å²) in [5.74, 6) is -0.0394. The van der Waals surface area contributed by atoms with Gasteiger partial charge < -0.3 is 4.74 Å². The van der Waals surface area contributed by atoms with Gasteiger partial charge >= 0.3 is 0 Å². The van der Waals surface area contributed by atoms with E-state index in [9.17, 15) is 12.8 Å². The lowest BCUT2D eigenvalue weighted by Gasteiger charge is -2.12. The number of rotatable bonds is 3. The van der Waals surface area contributed by atoms with Crippen LogP contribution in [-0.4, -0.2) is 15.5 Å². The Morgan fingerprint density at radius 1 is 1.47 bits per heavy atom. The summed E-state index contributed by atoms with van der Waals surface area (Å²) < 4.78 is 40.3. The number of halogens is 2. The van der Waals surface area contributed by atoms with Crippen LogP contribution in [-0.2, 0) is 9.05 Å². The lowest BCUT2D eigenvalue weighted by Crippen LogP contribution is -2.00. The van der Waals surface area contributed by atoms with Crippen LogP contribution in [0.5, 0.6) is 5.75 Å². The highest BCUT2D eigenvalue weighted by Gasteiger charge is 2.21. The third kappa shape index (κ3) is 2.60. The Balaban J connectivity index is 3.49. The molecule has 15 heavy (non-hydrogen) atoms. The minimum Gasteiger partial charge on any atom is -0.495 e. The summed E-state index contributed by atoms with van der Waals surface area (Å²) >= 11 is 0. The fourth-order valence-corrected chi connectivity index (χ4v) is 2.28. The van der Waals surface area contributed by atoms with Crippen molar-refractivity contribution in [2.45, 2.75) is 18.0 Å². The van der Waals surface area contributed by atoms with Gasteiger partial charge in [0.25, 0.3) is 9.05 Å². The number of ether oxygens (including phenoxy) is 1. The molecule has 0 heterocycles. The Bertz CT molecular complexity index is 456. The van der Waals surface area contributed by atoms with Crippen LogP contribution in [0.4, 0.5) is 4.39 Å². The van der Waals surface area contributed by atoms with Crippen LogP contribution >= 0.6 is 10.7 Å². The van der Waals surface area contributed by atoms with Crippen molar-refractivity contribution in [3.63, 3.8) is 0 Å². The number of alkyl halides is 1. The van der Waals surface area contributed by atoms with Gasteiger partial charge in [0.05, 0.1) is 7.11 Å². The molecule has 0 aliphatic heterocycles. The first kappa shape index (κ1) is 12.3. The summed E-state index contributed by atoms with van der Waals surface area (Å²) in [5.41, 5.74) is 0.166. The zero-order valence-corrected chi connectivity index (χ0v) is 9.77. The molecule has 1 unspecified atom stereocenters. The number of hydrogen-bond donors (Lipinski definition) is 0. The molecule has 6 heteroatoms. The van der Waals surface area contributed by atoms with Gasteiger partial charge in [0.15, 0.2) is 0 Å². The molecular weight excluding hydrogens is 243 g/mol. The predicted molar refractivity (Wildman–Crippen MR) is 55.6 cm³/mol. The minimum atomic E-state index is -3.92. The first-order valence-corrected chi connectivity index (χ1v) is 6.44. The Hall–Kier alpha value is -0.810. The van der Waals surface area contributed by atoms with Crippen LogP contribution in [0.25, 0.3) is 0 Å². The number of benzene rings is 1. The van der Waals surface area contributed by atoms with Crippen molar-refractivity contribution in [2.24, 2.45) is 0 Å². The molecule has 3 nitrogen and oxygen atoms in total. The molecule has 1 atom stereocenters. The molecule has 0 aromatic heterocycles. The minimum absolute atomic E-state index is 0.0394. The second-order valence-corrected chi connectivity index (χ2v) is 5.47. The van der Waals surface area contributed by atoms with Gasteiger partial charge in [-0.05, 0) is 13.0 Å². The van der Waals surface area contributed by atoms with E-state index >= 15 is 0 Å². The van der Waals surface area contributed by atoms with E-state index in [0.717, 1.165) is 0 Å². The van der Waals surface area contributed by atoms with Crippen molar-refractivity contribution in [2.75, 3.05) is 7.11 Å². The Morgan fingerprint density at radius 3 is 2.47 bits per heavy atom. The molecule has 0 spiro atoms. The summed E-state index contributed by atoms with van der Waals surface area (Å²) in [4.78, 5) is -0.214. The van der Waals surface area contributed by atoms with E-state index in [1.54, 1.807) is 0 Å². The largest absolute Gasteiger partial charge is 0.495 e. The molecule has 0 saturated carbocycles. The van der Waals surface area contributed by atoms with Gasteiger partial charge in [-0.25, -0.2) is 12.8 Å². The van der Waals surface area contributed by atoms with Crippen LogP contribution in [0.3, 0.4) is 0 Å². The Kier molecular flexibility index (Phi) is 3.57. The van der Waals surface area contributed by atoms with Gasteiger partial charge in [0.1, 0.15) is 16.8 Å². The van der Waals surface area contributed by atoms with E-state index in [-0.39, 0.29) is 16.2 Å². The van der Waals surface area contributed by atoms with Gasteiger partial charge in [-0.15, -0.1) is 0 Å². The van der Waals surface area contributed by atoms with Crippen molar-refractivity contribution in [3.8, 4) is 5.75 Å². The monoisotopic (exact) mass is 252 g/mol. The number of para-hydroxylation sites is 1. The Morgan fingerprint density at radius 2 is 2.07 bits per heavy atom. The van der Waals surface area contributed by atoms with Crippen LogP contribution in [0.15, 0.2) is 23.1 Å². The molecular formula is C9H10ClFO3S. The van der Waals surface area contributed by atoms with Crippen molar-refractivity contribution in [1.82, 2.24) is 0 Å². The van der Waals surface area contributed by atoms with Gasteiger partial charge in [-0.2, -0.15) is 0 Å². The molecule has 84 valence electrons. The predicted octanol–water partition coefficient (Wildman–Crippen LogP) is 2.65. The molecule has 0 saturated heterocycles. The van der Waals surface area contributed by atoms with Crippen LogP contribution < -0.4 is 4.74 Å². The summed E-state index contributed by atoms with van der Waals surface area (Å²) in [5, 5.41) is 0. The maximum Gasteiger partial charge on any atom is 0.264 e. The van der Waals surface area contributed by atoms with E-state index in [1.807, 2.05) is 0 Å². The molecule has 0 aliphatic carbocycles. The third-order valence-electron chi connectivity index (χ3n) is 1.90. The second kappa shape index (κ2) is 4.37. The van der Waals surface area contributed by atoms with Crippen LogP contribution in [0, 0.1) is 0 Å². The van der Waals surface area contributed by atoms with Crippen LogP contribution in [0.2, 0.25) is 0 Å². The average molecular weight is 253 g/mol. The molecule has 1 aromatic carbocycles. The standard InChI is InChI=1S/C9H10ClFO3S/c1-6(11)7-4-3-5-8(9(7)14-2)15(10,12)13/h3-6H,1-2H3. The number of methoxy groups -OCH3 is 1. The first-order chi connectivity index (χ1) is 6.88. The fraction of sp³-hybridized carbons (Fsp3) is 0.333. The molecule has 1 aromatic rings. The van der Waals surface area contributed by atoms with Gasteiger partial charge in [0, 0.05) is 16.2 Å². The third-order valence-corrected chi connectivity index (χ3v) is 3.25. The molecule has 0 fully saturated rings. The van der Waals surface area contributed by atoms with E-state index < -0.39 is 15.2 Å². The smallest absolute Gasteiger partial charge is 0.264 e.